The Labute approximate surface area is 94.2 Å². The summed E-state index contributed by atoms with van der Waals surface area (Å²) in [6.07, 6.45) is 4.38. The Morgan fingerprint density at radius 3 is 2.87 bits per heavy atom. The first-order valence-corrected chi connectivity index (χ1v) is 5.19. The maximum atomic E-state index is 11.6. The predicted octanol–water partition coefficient (Wildman–Crippen LogP) is 1.84. The van der Waals surface area contributed by atoms with Crippen molar-refractivity contribution < 1.29 is 4.79 Å². The molecule has 0 radical (unpaired) electrons. The van der Waals surface area contributed by atoms with Gasteiger partial charge in [-0.3, -0.25) is 9.78 Å². The number of amides is 1. The van der Waals surface area contributed by atoms with Gasteiger partial charge in [0, 0.05) is 12.4 Å². The Bertz CT molecular complexity index is 473. The summed E-state index contributed by atoms with van der Waals surface area (Å²) in [4.78, 5) is 23.5. The molecule has 2 aromatic heterocycles. The third-order valence-corrected chi connectivity index (χ3v) is 2.59. The summed E-state index contributed by atoms with van der Waals surface area (Å²) < 4.78 is 0. The lowest BCUT2D eigenvalue weighted by Crippen LogP contribution is -2.12. The molecule has 0 aliphatic heterocycles. The summed E-state index contributed by atoms with van der Waals surface area (Å²) in [6, 6.07) is 0. The van der Waals surface area contributed by atoms with E-state index in [2.05, 4.69) is 20.3 Å². The molecule has 0 bridgehead atoms. The lowest BCUT2D eigenvalue weighted by molar-refractivity contribution is 0.103. The number of rotatable bonds is 2. The van der Waals surface area contributed by atoms with Gasteiger partial charge in [0.15, 0.2) is 11.0 Å². The molecular formula is C8H5ClN4OS. The summed E-state index contributed by atoms with van der Waals surface area (Å²) in [5.41, 5.74) is 1.58. The van der Waals surface area contributed by atoms with Crippen molar-refractivity contribution in [1.82, 2.24) is 15.0 Å². The van der Waals surface area contributed by atoms with E-state index in [9.17, 15) is 4.79 Å². The van der Waals surface area contributed by atoms with E-state index in [1.807, 2.05) is 0 Å². The van der Waals surface area contributed by atoms with Gasteiger partial charge in [-0.05, 0) is 0 Å². The van der Waals surface area contributed by atoms with Crippen LogP contribution in [0.4, 0.5) is 5.82 Å². The molecule has 15 heavy (non-hydrogen) atoms. The van der Waals surface area contributed by atoms with Crippen LogP contribution in [0.5, 0.6) is 0 Å². The Morgan fingerprint density at radius 1 is 1.40 bits per heavy atom. The summed E-state index contributed by atoms with van der Waals surface area (Å²) in [7, 11) is 0. The molecule has 2 rings (SSSR count). The Balaban J connectivity index is 2.17. The Morgan fingerprint density at radius 2 is 2.20 bits per heavy atom. The largest absolute Gasteiger partial charge is 0.303 e. The van der Waals surface area contributed by atoms with Gasteiger partial charge >= 0.3 is 0 Å². The first-order valence-electron chi connectivity index (χ1n) is 3.93. The minimum Gasteiger partial charge on any atom is -0.303 e. The molecule has 7 heteroatoms. The minimum atomic E-state index is -0.292. The van der Waals surface area contributed by atoms with Gasteiger partial charge in [-0.1, -0.05) is 11.6 Å². The molecule has 2 aromatic rings. The number of aromatic nitrogens is 3. The van der Waals surface area contributed by atoms with Gasteiger partial charge in [0.05, 0.1) is 11.7 Å². The van der Waals surface area contributed by atoms with Crippen LogP contribution < -0.4 is 5.32 Å². The average Bonchev–Trinajstić information content (AvgIpc) is 2.74. The molecule has 0 saturated heterocycles. The molecule has 1 amide bonds. The van der Waals surface area contributed by atoms with Crippen LogP contribution in [0.2, 0.25) is 5.15 Å². The molecule has 0 spiro atoms. The van der Waals surface area contributed by atoms with Gasteiger partial charge < -0.3 is 5.32 Å². The van der Waals surface area contributed by atoms with E-state index in [4.69, 9.17) is 11.6 Å². The van der Waals surface area contributed by atoms with Crippen molar-refractivity contribution in [2.75, 3.05) is 5.32 Å². The maximum absolute atomic E-state index is 11.6. The quantitative estimate of drug-likeness (QED) is 0.870. The van der Waals surface area contributed by atoms with Gasteiger partial charge in [0.1, 0.15) is 4.88 Å². The molecule has 0 atom stereocenters. The molecule has 2 heterocycles. The highest BCUT2D eigenvalue weighted by atomic mass is 35.5. The predicted molar refractivity (Wildman–Crippen MR) is 57.1 cm³/mol. The van der Waals surface area contributed by atoms with Crippen LogP contribution in [0.3, 0.4) is 0 Å². The maximum Gasteiger partial charge on any atom is 0.268 e. The molecule has 76 valence electrons. The standard InChI is InChI=1S/C8H5ClN4OS/c9-6-7(12-2-1-11-6)13-8(14)5-3-10-4-15-5/h1-4H,(H,12,13,14). The SMILES string of the molecule is O=C(Nc1nccnc1Cl)c1cncs1. The zero-order chi connectivity index (χ0) is 10.7. The Kier molecular flexibility index (Phi) is 2.89. The van der Waals surface area contributed by atoms with E-state index in [0.29, 0.717) is 4.88 Å². The smallest absolute Gasteiger partial charge is 0.268 e. The molecule has 0 aliphatic rings. The van der Waals surface area contributed by atoms with Crippen LogP contribution in [0.15, 0.2) is 24.1 Å². The number of hydrogen-bond donors (Lipinski definition) is 1. The number of anilines is 1. The number of halogens is 1. The summed E-state index contributed by atoms with van der Waals surface area (Å²) in [5.74, 6) is -0.0440. The zero-order valence-corrected chi connectivity index (χ0v) is 8.92. The van der Waals surface area contributed by atoms with Gasteiger partial charge in [-0.2, -0.15) is 0 Å². The number of nitrogens with zero attached hydrogens (tertiary/aromatic N) is 3. The van der Waals surface area contributed by atoms with E-state index in [-0.39, 0.29) is 16.9 Å². The Hall–Kier alpha value is -1.53. The van der Waals surface area contributed by atoms with E-state index in [1.165, 1.54) is 29.9 Å². The average molecular weight is 241 g/mol. The fourth-order valence-electron chi connectivity index (χ4n) is 0.902. The van der Waals surface area contributed by atoms with Crippen LogP contribution in [-0.4, -0.2) is 20.9 Å². The van der Waals surface area contributed by atoms with E-state index in [1.54, 1.807) is 5.51 Å². The topological polar surface area (TPSA) is 67.8 Å². The number of carbonyl (C=O) groups excluding carboxylic acids is 1. The second-order valence-electron chi connectivity index (χ2n) is 2.52. The van der Waals surface area contributed by atoms with Crippen molar-refractivity contribution in [2.45, 2.75) is 0 Å². The van der Waals surface area contributed by atoms with Gasteiger partial charge in [-0.25, -0.2) is 9.97 Å². The highest BCUT2D eigenvalue weighted by molar-refractivity contribution is 7.11. The number of nitrogens with one attached hydrogen (secondary N) is 1. The molecule has 1 N–H and O–H groups in total. The summed E-state index contributed by atoms with van der Waals surface area (Å²) >= 11 is 6.97. The third-order valence-electron chi connectivity index (χ3n) is 1.54. The first kappa shape index (κ1) is 10.0. The van der Waals surface area contributed by atoms with E-state index >= 15 is 0 Å². The summed E-state index contributed by atoms with van der Waals surface area (Å²) in [5, 5.41) is 2.70. The summed E-state index contributed by atoms with van der Waals surface area (Å²) in [6.45, 7) is 0. The molecule has 0 aromatic carbocycles. The van der Waals surface area contributed by atoms with Gasteiger partial charge in [0.25, 0.3) is 5.91 Å². The molecule has 0 aliphatic carbocycles. The van der Waals surface area contributed by atoms with Crippen LogP contribution in [-0.2, 0) is 0 Å². The fraction of sp³-hybridized carbons (Fsp3) is 0. The molecule has 0 fully saturated rings. The van der Waals surface area contributed by atoms with Crippen molar-refractivity contribution in [3.8, 4) is 0 Å². The molecule has 5 nitrogen and oxygen atoms in total. The van der Waals surface area contributed by atoms with E-state index < -0.39 is 0 Å². The number of carbonyl (C=O) groups is 1. The minimum absolute atomic E-state index is 0.162. The highest BCUT2D eigenvalue weighted by Crippen LogP contribution is 2.16. The van der Waals surface area contributed by atoms with E-state index in [0.717, 1.165) is 0 Å². The van der Waals surface area contributed by atoms with Gasteiger partial charge in [-0.15, -0.1) is 11.3 Å². The van der Waals surface area contributed by atoms with Crippen molar-refractivity contribution in [1.29, 1.82) is 0 Å². The zero-order valence-electron chi connectivity index (χ0n) is 7.35. The van der Waals surface area contributed by atoms with Crippen molar-refractivity contribution in [3.05, 3.63) is 34.1 Å². The number of thiazole rings is 1. The lowest BCUT2D eigenvalue weighted by atomic mass is 10.5. The van der Waals surface area contributed by atoms with Crippen LogP contribution >= 0.6 is 22.9 Å². The molecule has 0 saturated carbocycles. The molecular weight excluding hydrogens is 236 g/mol. The normalized spacial score (nSPS) is 9.93. The van der Waals surface area contributed by atoms with Crippen LogP contribution in [0, 0.1) is 0 Å². The van der Waals surface area contributed by atoms with Crippen molar-refractivity contribution in [2.24, 2.45) is 0 Å². The van der Waals surface area contributed by atoms with Gasteiger partial charge in [0.2, 0.25) is 0 Å². The van der Waals surface area contributed by atoms with Crippen molar-refractivity contribution >= 4 is 34.7 Å². The first-order chi connectivity index (χ1) is 7.27. The fourth-order valence-corrected chi connectivity index (χ4v) is 1.57. The highest BCUT2D eigenvalue weighted by Gasteiger charge is 2.10. The second-order valence-corrected chi connectivity index (χ2v) is 3.76. The third kappa shape index (κ3) is 2.28. The monoisotopic (exact) mass is 240 g/mol. The lowest BCUT2D eigenvalue weighted by Gasteiger charge is -2.02. The second kappa shape index (κ2) is 4.33. The van der Waals surface area contributed by atoms with Crippen LogP contribution in [0.1, 0.15) is 9.67 Å². The van der Waals surface area contributed by atoms with Crippen LogP contribution in [0.25, 0.3) is 0 Å². The van der Waals surface area contributed by atoms with Crippen molar-refractivity contribution in [3.63, 3.8) is 0 Å². The number of hydrogen-bond acceptors (Lipinski definition) is 5. The molecule has 0 unspecified atom stereocenters.